The Labute approximate surface area is 114 Å². The van der Waals surface area contributed by atoms with Gasteiger partial charge in [-0.1, -0.05) is 19.1 Å². The van der Waals surface area contributed by atoms with Crippen LogP contribution in [-0.4, -0.2) is 29.3 Å². The number of hydrogen-bond acceptors (Lipinski definition) is 4. The Morgan fingerprint density at radius 2 is 1.74 bits per heavy atom. The first-order valence-electron chi connectivity index (χ1n) is 5.66. The average Bonchev–Trinajstić information content (AvgIpc) is 2.22. The predicted octanol–water partition coefficient (Wildman–Crippen LogP) is 1.06. The van der Waals surface area contributed by atoms with E-state index in [1.165, 1.54) is 0 Å². The molecule has 0 saturated carbocycles. The van der Waals surface area contributed by atoms with Crippen LogP contribution in [0.4, 0.5) is 5.69 Å². The Kier molecular flexibility index (Phi) is 4.94. The summed E-state index contributed by atoms with van der Waals surface area (Å²) in [6, 6.07) is 6.27. The lowest BCUT2D eigenvalue weighted by molar-refractivity contribution is 0.555. The van der Waals surface area contributed by atoms with E-state index in [4.69, 9.17) is 0 Å². The van der Waals surface area contributed by atoms with Crippen LogP contribution in [0.1, 0.15) is 24.9 Å². The van der Waals surface area contributed by atoms with Crippen molar-refractivity contribution in [2.24, 2.45) is 0 Å². The first-order chi connectivity index (χ1) is 8.61. The molecular weight excluding hydrogens is 288 g/mol. The van der Waals surface area contributed by atoms with Gasteiger partial charge in [0.15, 0.2) is 0 Å². The van der Waals surface area contributed by atoms with Crippen LogP contribution in [0.15, 0.2) is 24.3 Å². The van der Waals surface area contributed by atoms with Crippen LogP contribution in [0.3, 0.4) is 0 Å². The number of benzene rings is 1. The third-order valence-electron chi connectivity index (χ3n) is 2.36. The van der Waals surface area contributed by atoms with Gasteiger partial charge in [-0.3, -0.25) is 4.72 Å². The van der Waals surface area contributed by atoms with Gasteiger partial charge in [0.1, 0.15) is 0 Å². The molecule has 19 heavy (non-hydrogen) atoms. The van der Waals surface area contributed by atoms with E-state index in [0.717, 1.165) is 12.5 Å². The largest absolute Gasteiger partial charge is 0.284 e. The molecule has 1 rings (SSSR count). The zero-order valence-electron chi connectivity index (χ0n) is 11.0. The Hall–Kier alpha value is -1.12. The van der Waals surface area contributed by atoms with Crippen molar-refractivity contribution < 1.29 is 16.8 Å². The number of hydrogen-bond donors (Lipinski definition) is 2. The fourth-order valence-corrected chi connectivity index (χ4v) is 3.05. The van der Waals surface area contributed by atoms with Crippen molar-refractivity contribution in [3.63, 3.8) is 0 Å². The van der Waals surface area contributed by atoms with Crippen molar-refractivity contribution >= 4 is 25.7 Å². The summed E-state index contributed by atoms with van der Waals surface area (Å²) in [6.07, 6.45) is 2.72. The minimum absolute atomic E-state index is 0.378. The van der Waals surface area contributed by atoms with E-state index in [0.29, 0.717) is 17.7 Å². The molecule has 1 atom stereocenters. The van der Waals surface area contributed by atoms with Crippen LogP contribution in [0.5, 0.6) is 0 Å². The Morgan fingerprint density at radius 3 is 2.21 bits per heavy atom. The lowest BCUT2D eigenvalue weighted by Crippen LogP contribution is -2.27. The van der Waals surface area contributed by atoms with Crippen molar-refractivity contribution in [3.8, 4) is 0 Å². The number of rotatable bonds is 6. The quantitative estimate of drug-likeness (QED) is 0.822. The summed E-state index contributed by atoms with van der Waals surface area (Å²) >= 11 is 0. The monoisotopic (exact) mass is 306 g/mol. The minimum atomic E-state index is -3.35. The predicted molar refractivity (Wildman–Crippen MR) is 75.9 cm³/mol. The second-order valence-corrected chi connectivity index (χ2v) is 7.88. The smallest absolute Gasteiger partial charge is 0.229 e. The maximum absolute atomic E-state index is 11.3. The van der Waals surface area contributed by atoms with Crippen LogP contribution >= 0.6 is 0 Å². The summed E-state index contributed by atoms with van der Waals surface area (Å²) in [4.78, 5) is 0. The first kappa shape index (κ1) is 15.9. The highest BCUT2D eigenvalue weighted by Gasteiger charge is 2.14. The molecule has 0 fully saturated rings. The van der Waals surface area contributed by atoms with Crippen molar-refractivity contribution in [1.29, 1.82) is 0 Å². The topological polar surface area (TPSA) is 92.3 Å². The van der Waals surface area contributed by atoms with E-state index in [9.17, 15) is 16.8 Å². The summed E-state index contributed by atoms with van der Waals surface area (Å²) < 4.78 is 49.7. The van der Waals surface area contributed by atoms with Gasteiger partial charge in [-0.25, -0.2) is 21.6 Å². The van der Waals surface area contributed by atoms with E-state index in [1.54, 1.807) is 24.3 Å². The molecule has 0 amide bonds. The molecule has 0 spiro atoms. The molecule has 0 aromatic heterocycles. The van der Waals surface area contributed by atoms with Crippen molar-refractivity contribution in [3.05, 3.63) is 29.8 Å². The van der Waals surface area contributed by atoms with Crippen molar-refractivity contribution in [1.82, 2.24) is 4.72 Å². The molecule has 0 aliphatic heterocycles. The number of anilines is 1. The van der Waals surface area contributed by atoms with Crippen LogP contribution in [0.25, 0.3) is 0 Å². The van der Waals surface area contributed by atoms with Gasteiger partial charge in [-0.15, -0.1) is 0 Å². The summed E-state index contributed by atoms with van der Waals surface area (Å²) in [5.41, 5.74) is 1.12. The molecule has 0 heterocycles. The Morgan fingerprint density at radius 1 is 1.11 bits per heavy atom. The van der Waals surface area contributed by atoms with E-state index < -0.39 is 20.0 Å². The molecule has 6 nitrogen and oxygen atoms in total. The Balaban J connectivity index is 3.03. The van der Waals surface area contributed by atoms with Gasteiger partial charge in [0.2, 0.25) is 20.0 Å². The summed E-state index contributed by atoms with van der Waals surface area (Å²) in [5.74, 6) is 0. The van der Waals surface area contributed by atoms with Crippen LogP contribution in [-0.2, 0) is 20.0 Å². The second-order valence-electron chi connectivity index (χ2n) is 4.35. The molecule has 1 unspecified atom stereocenters. The highest BCUT2D eigenvalue weighted by Crippen LogP contribution is 2.21. The molecule has 0 saturated heterocycles. The van der Waals surface area contributed by atoms with Crippen LogP contribution in [0.2, 0.25) is 0 Å². The van der Waals surface area contributed by atoms with Gasteiger partial charge in [0, 0.05) is 11.7 Å². The molecule has 108 valence electrons. The summed E-state index contributed by atoms with van der Waals surface area (Å²) in [5, 5.41) is 0. The maximum atomic E-state index is 11.3. The zero-order valence-corrected chi connectivity index (χ0v) is 12.7. The van der Waals surface area contributed by atoms with E-state index in [2.05, 4.69) is 9.44 Å². The lowest BCUT2D eigenvalue weighted by Gasteiger charge is -2.17. The summed E-state index contributed by atoms with van der Waals surface area (Å²) in [7, 11) is -6.67. The summed E-state index contributed by atoms with van der Waals surface area (Å²) in [6.45, 7) is 1.85. The van der Waals surface area contributed by atoms with Crippen LogP contribution < -0.4 is 9.44 Å². The van der Waals surface area contributed by atoms with Gasteiger partial charge in [0.25, 0.3) is 0 Å². The highest BCUT2D eigenvalue weighted by molar-refractivity contribution is 7.92. The van der Waals surface area contributed by atoms with E-state index in [1.807, 2.05) is 6.92 Å². The first-order valence-corrected chi connectivity index (χ1v) is 9.44. The van der Waals surface area contributed by atoms with E-state index >= 15 is 0 Å². The molecule has 0 aliphatic rings. The second kappa shape index (κ2) is 5.89. The highest BCUT2D eigenvalue weighted by atomic mass is 32.2. The molecule has 8 heteroatoms. The standard InChI is InChI=1S/C11H18N2O4S2/c1-4-11(13-19(3,16)17)9-6-5-7-10(8-9)12-18(2,14)15/h5-8,11-13H,4H2,1-3H3. The average molecular weight is 306 g/mol. The maximum Gasteiger partial charge on any atom is 0.229 e. The number of nitrogens with one attached hydrogen (secondary N) is 2. The fourth-order valence-electron chi connectivity index (χ4n) is 1.68. The third-order valence-corrected chi connectivity index (χ3v) is 3.68. The van der Waals surface area contributed by atoms with Crippen molar-refractivity contribution in [2.45, 2.75) is 19.4 Å². The Bertz CT molecular complexity index is 638. The number of sulfonamides is 2. The lowest BCUT2D eigenvalue weighted by atomic mass is 10.1. The zero-order chi connectivity index (χ0) is 14.7. The van der Waals surface area contributed by atoms with Gasteiger partial charge in [-0.2, -0.15) is 0 Å². The van der Waals surface area contributed by atoms with Gasteiger partial charge >= 0.3 is 0 Å². The molecule has 2 N–H and O–H groups in total. The molecule has 0 bridgehead atoms. The third kappa shape index (κ3) is 6.04. The van der Waals surface area contributed by atoms with E-state index in [-0.39, 0.29) is 6.04 Å². The molecule has 1 aromatic rings. The van der Waals surface area contributed by atoms with Crippen molar-refractivity contribution in [2.75, 3.05) is 17.2 Å². The molecular formula is C11H18N2O4S2. The molecule has 1 aromatic carbocycles. The molecule has 0 aliphatic carbocycles. The normalized spacial score (nSPS) is 14.1. The van der Waals surface area contributed by atoms with Gasteiger partial charge in [-0.05, 0) is 24.1 Å². The SMILES string of the molecule is CCC(NS(C)(=O)=O)c1cccc(NS(C)(=O)=O)c1. The molecule has 0 radical (unpaired) electrons. The minimum Gasteiger partial charge on any atom is -0.284 e. The van der Waals surface area contributed by atoms with Gasteiger partial charge < -0.3 is 0 Å². The van der Waals surface area contributed by atoms with Crippen LogP contribution in [0, 0.1) is 0 Å². The fraction of sp³-hybridized carbons (Fsp3) is 0.455. The van der Waals surface area contributed by atoms with Gasteiger partial charge in [0.05, 0.1) is 12.5 Å².